The molecular weight excluding hydrogens is 505 g/mol. The molecule has 2 aromatic rings. The number of guanidine groups is 1. The first-order valence-corrected chi connectivity index (χ1v) is 10.8. The third-order valence-corrected chi connectivity index (χ3v) is 5.56. The number of nitrogens with one attached hydrogen (secondary N) is 2. The van der Waals surface area contributed by atoms with Crippen molar-refractivity contribution in [2.45, 2.75) is 45.6 Å². The summed E-state index contributed by atoms with van der Waals surface area (Å²) in [6.07, 6.45) is 3.20. The molecule has 2 N–H and O–H groups in total. The first-order valence-electron chi connectivity index (χ1n) is 10.8. The fourth-order valence-electron chi connectivity index (χ4n) is 3.68. The molecular formula is C23H34IN5O2. The molecule has 1 aromatic heterocycles. The van der Waals surface area contributed by atoms with Crippen LogP contribution in [0.2, 0.25) is 0 Å². The quantitative estimate of drug-likeness (QED) is 0.320. The molecule has 1 aliphatic rings. The van der Waals surface area contributed by atoms with E-state index in [0.717, 1.165) is 43.8 Å². The lowest BCUT2D eigenvalue weighted by molar-refractivity contribution is -0.131. The molecule has 1 aromatic carbocycles. The molecule has 170 valence electrons. The molecule has 2 heterocycles. The molecule has 0 bridgehead atoms. The molecule has 0 spiro atoms. The number of piperidine rings is 1. The van der Waals surface area contributed by atoms with Gasteiger partial charge in [-0.25, -0.2) is 0 Å². The van der Waals surface area contributed by atoms with Crippen LogP contribution in [0.25, 0.3) is 0 Å². The van der Waals surface area contributed by atoms with Crippen LogP contribution in [0.1, 0.15) is 49.6 Å². The van der Waals surface area contributed by atoms with Gasteiger partial charge in [0.2, 0.25) is 5.91 Å². The number of aliphatic imine (C=N–C) groups is 1. The number of benzene rings is 1. The van der Waals surface area contributed by atoms with Crippen LogP contribution >= 0.6 is 24.0 Å². The number of rotatable bonds is 7. The van der Waals surface area contributed by atoms with Gasteiger partial charge in [-0.3, -0.25) is 9.79 Å². The molecule has 0 saturated carbocycles. The lowest BCUT2D eigenvalue weighted by atomic mass is 9.90. The number of amides is 1. The zero-order chi connectivity index (χ0) is 21.3. The van der Waals surface area contributed by atoms with E-state index in [9.17, 15) is 4.79 Å². The van der Waals surface area contributed by atoms with Gasteiger partial charge in [0.25, 0.3) is 0 Å². The smallest absolute Gasteiger partial charge is 0.241 e. The Hall–Kier alpha value is -2.10. The Labute approximate surface area is 202 Å². The van der Waals surface area contributed by atoms with Crippen LogP contribution in [0.5, 0.6) is 0 Å². The number of hydrogen-bond donors (Lipinski definition) is 2. The lowest BCUT2D eigenvalue weighted by Gasteiger charge is -2.32. The van der Waals surface area contributed by atoms with Crippen molar-refractivity contribution < 1.29 is 9.32 Å². The molecule has 0 unspecified atom stereocenters. The number of nitrogens with zero attached hydrogens (tertiary/aromatic N) is 3. The molecule has 0 radical (unpaired) electrons. The molecule has 7 nitrogen and oxygen atoms in total. The predicted octanol–water partition coefficient (Wildman–Crippen LogP) is 3.56. The van der Waals surface area contributed by atoms with Crippen LogP contribution in [0.15, 0.2) is 45.9 Å². The average Bonchev–Trinajstić information content (AvgIpc) is 3.24. The van der Waals surface area contributed by atoms with Crippen molar-refractivity contribution in [1.29, 1.82) is 0 Å². The summed E-state index contributed by atoms with van der Waals surface area (Å²) in [6, 6.07) is 12.5. The Morgan fingerprint density at radius 3 is 2.55 bits per heavy atom. The molecule has 0 aliphatic carbocycles. The first-order chi connectivity index (χ1) is 14.5. The molecule has 3 rings (SSSR count). The standard InChI is InChI=1S/C23H33N5O2.HI/c1-17(2)21-14-20(30-27-21)15-25-23(24-3)26-16-22(29)28-11-9-19(10-12-28)13-18-7-5-4-6-8-18;/h4-8,14,17,19H,9-13,15-16H2,1-3H3,(H2,24,25,26);1H. The van der Waals surface area contributed by atoms with Crippen molar-refractivity contribution in [3.63, 3.8) is 0 Å². The average molecular weight is 539 g/mol. The van der Waals surface area contributed by atoms with E-state index in [1.807, 2.05) is 11.0 Å². The molecule has 0 atom stereocenters. The topological polar surface area (TPSA) is 82.8 Å². The van der Waals surface area contributed by atoms with Crippen LogP contribution in [0.4, 0.5) is 0 Å². The van der Waals surface area contributed by atoms with Crippen molar-refractivity contribution in [2.24, 2.45) is 10.9 Å². The maximum atomic E-state index is 12.6. The number of halogens is 1. The molecule has 1 fully saturated rings. The van der Waals surface area contributed by atoms with Gasteiger partial charge >= 0.3 is 0 Å². The Bertz CT molecular complexity index is 830. The fourth-order valence-corrected chi connectivity index (χ4v) is 3.68. The van der Waals surface area contributed by atoms with Gasteiger partial charge in [0.15, 0.2) is 11.7 Å². The molecule has 31 heavy (non-hydrogen) atoms. The monoisotopic (exact) mass is 539 g/mol. The molecule has 8 heteroatoms. The summed E-state index contributed by atoms with van der Waals surface area (Å²) in [5, 5.41) is 10.3. The van der Waals surface area contributed by atoms with Crippen molar-refractivity contribution in [2.75, 3.05) is 26.7 Å². The lowest BCUT2D eigenvalue weighted by Crippen LogP contribution is -2.46. The SMILES string of the molecule is CN=C(NCC(=O)N1CCC(Cc2ccccc2)CC1)NCc1cc(C(C)C)no1.I. The highest BCUT2D eigenvalue weighted by Gasteiger charge is 2.23. The van der Waals surface area contributed by atoms with Crippen molar-refractivity contribution >= 4 is 35.8 Å². The van der Waals surface area contributed by atoms with Crippen molar-refractivity contribution in [3.05, 3.63) is 53.4 Å². The summed E-state index contributed by atoms with van der Waals surface area (Å²) in [7, 11) is 1.69. The minimum absolute atomic E-state index is 0. The summed E-state index contributed by atoms with van der Waals surface area (Å²) in [6.45, 7) is 6.49. The molecule has 1 aliphatic heterocycles. The van der Waals surface area contributed by atoms with Crippen LogP contribution in [-0.2, 0) is 17.8 Å². The highest BCUT2D eigenvalue weighted by molar-refractivity contribution is 14.0. The van der Waals surface area contributed by atoms with E-state index in [-0.39, 0.29) is 36.4 Å². The second kappa shape index (κ2) is 12.7. The van der Waals surface area contributed by atoms with E-state index in [2.05, 4.69) is 65.0 Å². The third-order valence-electron chi connectivity index (χ3n) is 5.56. The predicted molar refractivity (Wildman–Crippen MR) is 134 cm³/mol. The number of likely N-dealkylation sites (tertiary alicyclic amines) is 1. The van der Waals surface area contributed by atoms with Crippen molar-refractivity contribution in [1.82, 2.24) is 20.7 Å². The van der Waals surface area contributed by atoms with Gasteiger partial charge in [-0.05, 0) is 36.7 Å². The second-order valence-electron chi connectivity index (χ2n) is 8.17. The number of carbonyl (C=O) groups excluding carboxylic acids is 1. The zero-order valence-corrected chi connectivity index (χ0v) is 21.0. The summed E-state index contributed by atoms with van der Waals surface area (Å²) >= 11 is 0. The van der Waals surface area contributed by atoms with Gasteiger partial charge < -0.3 is 20.1 Å². The Balaban J connectivity index is 0.00000341. The number of carbonyl (C=O) groups is 1. The van der Waals surface area contributed by atoms with Crippen LogP contribution in [0, 0.1) is 5.92 Å². The van der Waals surface area contributed by atoms with Gasteiger partial charge in [-0.1, -0.05) is 49.3 Å². The Morgan fingerprint density at radius 1 is 1.23 bits per heavy atom. The first kappa shape index (κ1) is 25.2. The van der Waals surface area contributed by atoms with Crippen molar-refractivity contribution in [3.8, 4) is 0 Å². The van der Waals surface area contributed by atoms with E-state index in [0.29, 0.717) is 24.3 Å². The molecule has 1 saturated heterocycles. The number of hydrogen-bond acceptors (Lipinski definition) is 4. The maximum absolute atomic E-state index is 12.6. The largest absolute Gasteiger partial charge is 0.359 e. The Kier molecular flexibility index (Phi) is 10.3. The Morgan fingerprint density at radius 2 is 1.94 bits per heavy atom. The minimum atomic E-state index is 0. The maximum Gasteiger partial charge on any atom is 0.241 e. The normalized spacial score (nSPS) is 15.0. The summed E-state index contributed by atoms with van der Waals surface area (Å²) in [5.41, 5.74) is 2.31. The van der Waals surface area contributed by atoms with Gasteiger partial charge in [-0.2, -0.15) is 0 Å². The van der Waals surface area contributed by atoms with Crippen LogP contribution in [-0.4, -0.2) is 48.6 Å². The van der Waals surface area contributed by atoms with Gasteiger partial charge in [0.05, 0.1) is 18.8 Å². The summed E-state index contributed by atoms with van der Waals surface area (Å²) in [5.74, 6) is 2.40. The number of aromatic nitrogens is 1. The second-order valence-corrected chi connectivity index (χ2v) is 8.17. The highest BCUT2D eigenvalue weighted by atomic mass is 127. The van der Waals surface area contributed by atoms with E-state index in [4.69, 9.17) is 4.52 Å². The minimum Gasteiger partial charge on any atom is -0.359 e. The van der Waals surface area contributed by atoms with E-state index in [1.54, 1.807) is 7.05 Å². The van der Waals surface area contributed by atoms with Gasteiger partial charge in [0, 0.05) is 26.2 Å². The summed E-state index contributed by atoms with van der Waals surface area (Å²) < 4.78 is 5.32. The van der Waals surface area contributed by atoms with Crippen LogP contribution < -0.4 is 10.6 Å². The van der Waals surface area contributed by atoms with E-state index < -0.39 is 0 Å². The summed E-state index contributed by atoms with van der Waals surface area (Å²) in [4.78, 5) is 18.7. The van der Waals surface area contributed by atoms with Crippen LogP contribution in [0.3, 0.4) is 0 Å². The van der Waals surface area contributed by atoms with E-state index >= 15 is 0 Å². The highest BCUT2D eigenvalue weighted by Crippen LogP contribution is 2.21. The third kappa shape index (κ3) is 7.83. The van der Waals surface area contributed by atoms with Gasteiger partial charge in [0.1, 0.15) is 0 Å². The molecule has 1 amide bonds. The van der Waals surface area contributed by atoms with E-state index in [1.165, 1.54) is 5.56 Å². The van der Waals surface area contributed by atoms with Gasteiger partial charge in [-0.15, -0.1) is 24.0 Å². The fraction of sp³-hybridized carbons (Fsp3) is 0.522. The zero-order valence-electron chi connectivity index (χ0n) is 18.6.